The fraction of sp³-hybridized carbons (Fsp3) is 1.00. The molecule has 1 saturated carbocycles. The van der Waals surface area contributed by atoms with Crippen LogP contribution in [0.5, 0.6) is 0 Å². The van der Waals surface area contributed by atoms with Crippen molar-refractivity contribution >= 4 is 9.84 Å². The molecule has 0 aromatic heterocycles. The Morgan fingerprint density at radius 1 is 1.11 bits per heavy atom. The van der Waals surface area contributed by atoms with Crippen molar-refractivity contribution in [2.75, 3.05) is 18.1 Å². The molecule has 2 atom stereocenters. The van der Waals surface area contributed by atoms with Crippen molar-refractivity contribution in [2.45, 2.75) is 57.3 Å². The summed E-state index contributed by atoms with van der Waals surface area (Å²) in [5, 5.41) is 3.42. The largest absolute Gasteiger partial charge is 0.368 e. The summed E-state index contributed by atoms with van der Waals surface area (Å²) in [7, 11) is -2.89. The quantitative estimate of drug-likeness (QED) is 0.718. The monoisotopic (exact) mass is 273 g/mol. The predicted molar refractivity (Wildman–Crippen MR) is 70.3 cm³/mol. The minimum absolute atomic E-state index is 0.0237. The first-order valence-corrected chi connectivity index (χ1v) is 8.73. The number of hydrogen-bond acceptors (Lipinski definition) is 4. The maximum absolute atomic E-state index is 11.7. The Morgan fingerprint density at radius 2 is 1.78 bits per heavy atom. The maximum Gasteiger partial charge on any atom is 0.154 e. The standard InChI is InChI=1S/C13H23NO3S/c1-12(2)3-5-13(6-4-12)9-14-10-7-18(15,16)8-11(10)17-13/h10-11,14H,3-9H2,1-2H3. The van der Waals surface area contributed by atoms with Crippen LogP contribution in [0.4, 0.5) is 0 Å². The zero-order valence-corrected chi connectivity index (χ0v) is 12.1. The van der Waals surface area contributed by atoms with Crippen molar-refractivity contribution in [1.29, 1.82) is 0 Å². The van der Waals surface area contributed by atoms with Gasteiger partial charge < -0.3 is 10.1 Å². The normalized spacial score (nSPS) is 40.6. The Bertz CT molecular complexity index is 433. The number of nitrogens with one attached hydrogen (secondary N) is 1. The van der Waals surface area contributed by atoms with E-state index >= 15 is 0 Å². The SMILES string of the molecule is CC1(C)CCC2(CC1)CNC1CS(=O)(=O)CC1O2. The van der Waals surface area contributed by atoms with E-state index in [0.717, 1.165) is 19.4 Å². The van der Waals surface area contributed by atoms with Crippen molar-refractivity contribution in [2.24, 2.45) is 5.41 Å². The van der Waals surface area contributed by atoms with E-state index in [4.69, 9.17) is 4.74 Å². The first kappa shape index (κ1) is 12.9. The highest BCUT2D eigenvalue weighted by Gasteiger charge is 2.49. The second-order valence-corrected chi connectivity index (χ2v) is 9.22. The van der Waals surface area contributed by atoms with Crippen LogP contribution in [-0.2, 0) is 14.6 Å². The van der Waals surface area contributed by atoms with Gasteiger partial charge in [-0.05, 0) is 31.1 Å². The Labute approximate surface area is 109 Å². The molecule has 104 valence electrons. The topological polar surface area (TPSA) is 55.4 Å². The summed E-state index contributed by atoms with van der Waals surface area (Å²) < 4.78 is 29.5. The molecule has 2 saturated heterocycles. The lowest BCUT2D eigenvalue weighted by Gasteiger charge is -2.48. The fourth-order valence-electron chi connectivity index (χ4n) is 3.48. The van der Waals surface area contributed by atoms with Gasteiger partial charge in [0.05, 0.1) is 23.2 Å². The number of hydrogen-bond donors (Lipinski definition) is 1. The number of rotatable bonds is 0. The van der Waals surface area contributed by atoms with Gasteiger partial charge in [0.2, 0.25) is 0 Å². The second kappa shape index (κ2) is 3.93. The van der Waals surface area contributed by atoms with Crippen LogP contribution in [0.2, 0.25) is 0 Å². The highest BCUT2D eigenvalue weighted by Crippen LogP contribution is 2.44. The van der Waals surface area contributed by atoms with Crippen molar-refractivity contribution in [1.82, 2.24) is 5.32 Å². The summed E-state index contributed by atoms with van der Waals surface area (Å²) in [4.78, 5) is 0. The van der Waals surface area contributed by atoms with E-state index < -0.39 is 9.84 Å². The van der Waals surface area contributed by atoms with Gasteiger partial charge in [-0.15, -0.1) is 0 Å². The van der Waals surface area contributed by atoms with Crippen LogP contribution in [0.1, 0.15) is 39.5 Å². The lowest BCUT2D eigenvalue weighted by Crippen LogP contribution is -2.60. The van der Waals surface area contributed by atoms with Crippen molar-refractivity contribution in [3.05, 3.63) is 0 Å². The molecule has 2 heterocycles. The van der Waals surface area contributed by atoms with Crippen LogP contribution in [0, 0.1) is 5.41 Å². The first-order chi connectivity index (χ1) is 8.29. The summed E-state index contributed by atoms with van der Waals surface area (Å²) in [5.41, 5.74) is 0.309. The summed E-state index contributed by atoms with van der Waals surface area (Å²) in [6.07, 6.45) is 4.31. The molecule has 3 rings (SSSR count). The van der Waals surface area contributed by atoms with E-state index in [0.29, 0.717) is 5.41 Å². The summed E-state index contributed by atoms with van der Waals surface area (Å²) in [6, 6.07) is 0.0237. The van der Waals surface area contributed by atoms with E-state index in [-0.39, 0.29) is 29.3 Å². The molecule has 2 unspecified atom stereocenters. The molecule has 18 heavy (non-hydrogen) atoms. The lowest BCUT2D eigenvalue weighted by molar-refractivity contribution is -0.147. The Kier molecular flexibility index (Phi) is 2.81. The molecular weight excluding hydrogens is 250 g/mol. The van der Waals surface area contributed by atoms with Crippen LogP contribution in [0.3, 0.4) is 0 Å². The predicted octanol–water partition coefficient (Wildman–Crippen LogP) is 1.11. The summed E-state index contributed by atoms with van der Waals surface area (Å²) in [5.74, 6) is 0.453. The molecule has 1 aliphatic carbocycles. The van der Waals surface area contributed by atoms with E-state index in [1.54, 1.807) is 0 Å². The molecule has 0 radical (unpaired) electrons. The van der Waals surface area contributed by atoms with Crippen molar-refractivity contribution < 1.29 is 13.2 Å². The number of ether oxygens (including phenoxy) is 1. The van der Waals surface area contributed by atoms with Crippen molar-refractivity contribution in [3.63, 3.8) is 0 Å². The van der Waals surface area contributed by atoms with Gasteiger partial charge >= 0.3 is 0 Å². The molecule has 3 aliphatic rings. The summed E-state index contributed by atoms with van der Waals surface area (Å²) >= 11 is 0. The zero-order valence-electron chi connectivity index (χ0n) is 11.2. The third-order valence-corrected chi connectivity index (χ3v) is 6.61. The van der Waals surface area contributed by atoms with E-state index in [9.17, 15) is 8.42 Å². The molecule has 0 aromatic rings. The van der Waals surface area contributed by atoms with Gasteiger partial charge in [-0.2, -0.15) is 0 Å². The van der Waals surface area contributed by atoms with Gasteiger partial charge in [0, 0.05) is 12.6 Å². The molecular formula is C13H23NO3S. The number of fused-ring (bicyclic) bond motifs is 1. The van der Waals surface area contributed by atoms with Gasteiger partial charge in [-0.25, -0.2) is 8.42 Å². The van der Waals surface area contributed by atoms with Gasteiger partial charge in [-0.3, -0.25) is 0 Å². The van der Waals surface area contributed by atoms with Gasteiger partial charge in [0.1, 0.15) is 0 Å². The maximum atomic E-state index is 11.7. The number of sulfone groups is 1. The van der Waals surface area contributed by atoms with Crippen LogP contribution >= 0.6 is 0 Å². The van der Waals surface area contributed by atoms with Crippen LogP contribution in [0.15, 0.2) is 0 Å². The first-order valence-electron chi connectivity index (χ1n) is 6.91. The zero-order chi connectivity index (χ0) is 13.0. The molecule has 1 N–H and O–H groups in total. The smallest absolute Gasteiger partial charge is 0.154 e. The Morgan fingerprint density at radius 3 is 2.44 bits per heavy atom. The highest BCUT2D eigenvalue weighted by molar-refractivity contribution is 7.91. The van der Waals surface area contributed by atoms with E-state index in [1.165, 1.54) is 12.8 Å². The van der Waals surface area contributed by atoms with Crippen LogP contribution in [-0.4, -0.2) is 44.2 Å². The molecule has 2 aliphatic heterocycles. The molecule has 0 bridgehead atoms. The average molecular weight is 273 g/mol. The lowest BCUT2D eigenvalue weighted by atomic mass is 9.70. The van der Waals surface area contributed by atoms with Gasteiger partial charge in [0.15, 0.2) is 9.84 Å². The summed E-state index contributed by atoms with van der Waals surface area (Å²) in [6.45, 7) is 5.43. The molecule has 4 nitrogen and oxygen atoms in total. The van der Waals surface area contributed by atoms with Gasteiger partial charge in [-0.1, -0.05) is 13.8 Å². The number of morpholine rings is 1. The fourth-order valence-corrected chi connectivity index (χ4v) is 5.30. The Balaban J connectivity index is 1.71. The van der Waals surface area contributed by atoms with Gasteiger partial charge in [0.25, 0.3) is 0 Å². The molecule has 1 spiro atoms. The highest BCUT2D eigenvalue weighted by atomic mass is 32.2. The minimum atomic E-state index is -2.89. The molecule has 0 aromatic carbocycles. The third kappa shape index (κ3) is 2.32. The molecule has 5 heteroatoms. The van der Waals surface area contributed by atoms with E-state index in [2.05, 4.69) is 19.2 Å². The average Bonchev–Trinajstić information content (AvgIpc) is 2.56. The van der Waals surface area contributed by atoms with Crippen LogP contribution in [0.25, 0.3) is 0 Å². The van der Waals surface area contributed by atoms with E-state index in [1.807, 2.05) is 0 Å². The minimum Gasteiger partial charge on any atom is -0.368 e. The Hall–Kier alpha value is -0.130. The third-order valence-electron chi connectivity index (χ3n) is 4.90. The second-order valence-electron chi connectivity index (χ2n) is 7.07. The molecule has 3 fully saturated rings. The van der Waals surface area contributed by atoms with Crippen molar-refractivity contribution in [3.8, 4) is 0 Å². The van der Waals surface area contributed by atoms with Crippen LogP contribution < -0.4 is 5.32 Å². The molecule has 0 amide bonds.